The zero-order valence-electron chi connectivity index (χ0n) is 14.5. The lowest BCUT2D eigenvalue weighted by atomic mass is 10.0. The Balaban J connectivity index is 1.79. The van der Waals surface area contributed by atoms with Crippen molar-refractivity contribution >= 4 is 12.1 Å². The lowest BCUT2D eigenvalue weighted by Gasteiger charge is -2.06. The van der Waals surface area contributed by atoms with E-state index in [2.05, 4.69) is 43.4 Å². The van der Waals surface area contributed by atoms with E-state index in [0.29, 0.717) is 11.7 Å². The molecule has 0 spiro atoms. The lowest BCUT2D eigenvalue weighted by Crippen LogP contribution is -2.24. The Kier molecular flexibility index (Phi) is 6.55. The molecule has 2 rings (SSSR count). The molecule has 0 aliphatic carbocycles. The third-order valence-corrected chi connectivity index (χ3v) is 3.68. The van der Waals surface area contributed by atoms with Crippen LogP contribution in [0.1, 0.15) is 43.4 Å². The van der Waals surface area contributed by atoms with Gasteiger partial charge in [-0.05, 0) is 41.2 Å². The SMILES string of the molecule is CCc1cccc(OCC(=O)N/N=C/c2ccc(C(C)C)cc2)c1. The van der Waals surface area contributed by atoms with E-state index in [0.717, 1.165) is 12.0 Å². The molecule has 0 atom stereocenters. The van der Waals surface area contributed by atoms with Crippen LogP contribution in [0.5, 0.6) is 5.75 Å². The number of hydrogen-bond acceptors (Lipinski definition) is 3. The van der Waals surface area contributed by atoms with Gasteiger partial charge in [0.1, 0.15) is 5.75 Å². The first kappa shape index (κ1) is 17.7. The van der Waals surface area contributed by atoms with Crippen molar-refractivity contribution in [2.75, 3.05) is 6.61 Å². The average molecular weight is 324 g/mol. The Bertz CT molecular complexity index is 691. The van der Waals surface area contributed by atoms with Crippen molar-refractivity contribution in [3.05, 3.63) is 65.2 Å². The molecule has 4 heteroatoms. The van der Waals surface area contributed by atoms with Crippen LogP contribution in [0.4, 0.5) is 0 Å². The predicted molar refractivity (Wildman–Crippen MR) is 97.6 cm³/mol. The van der Waals surface area contributed by atoms with Gasteiger partial charge in [0.25, 0.3) is 5.91 Å². The minimum Gasteiger partial charge on any atom is -0.484 e. The Hall–Kier alpha value is -2.62. The van der Waals surface area contributed by atoms with E-state index in [-0.39, 0.29) is 12.5 Å². The van der Waals surface area contributed by atoms with Crippen LogP contribution >= 0.6 is 0 Å². The summed E-state index contributed by atoms with van der Waals surface area (Å²) in [6.45, 7) is 6.32. The summed E-state index contributed by atoms with van der Waals surface area (Å²) >= 11 is 0. The van der Waals surface area contributed by atoms with E-state index in [1.165, 1.54) is 11.1 Å². The van der Waals surface area contributed by atoms with Crippen LogP contribution in [0.25, 0.3) is 0 Å². The zero-order chi connectivity index (χ0) is 17.4. The van der Waals surface area contributed by atoms with Gasteiger partial charge in [0.2, 0.25) is 0 Å². The number of ether oxygens (including phenoxy) is 1. The van der Waals surface area contributed by atoms with Crippen molar-refractivity contribution < 1.29 is 9.53 Å². The second-order valence-corrected chi connectivity index (χ2v) is 5.90. The average Bonchev–Trinajstić information content (AvgIpc) is 2.60. The number of hydrazone groups is 1. The number of carbonyl (C=O) groups is 1. The zero-order valence-corrected chi connectivity index (χ0v) is 14.5. The molecule has 126 valence electrons. The van der Waals surface area contributed by atoms with Gasteiger partial charge >= 0.3 is 0 Å². The van der Waals surface area contributed by atoms with E-state index >= 15 is 0 Å². The minimum absolute atomic E-state index is 0.0587. The van der Waals surface area contributed by atoms with Crippen molar-refractivity contribution in [2.24, 2.45) is 5.10 Å². The highest BCUT2D eigenvalue weighted by molar-refractivity contribution is 5.82. The van der Waals surface area contributed by atoms with Crippen LogP contribution in [0, 0.1) is 0 Å². The molecule has 1 amide bonds. The van der Waals surface area contributed by atoms with Crippen LogP contribution in [0.15, 0.2) is 53.6 Å². The van der Waals surface area contributed by atoms with E-state index < -0.39 is 0 Å². The third-order valence-electron chi connectivity index (χ3n) is 3.68. The maximum absolute atomic E-state index is 11.8. The Morgan fingerprint density at radius 2 is 1.96 bits per heavy atom. The fourth-order valence-electron chi connectivity index (χ4n) is 2.18. The Morgan fingerprint density at radius 3 is 2.62 bits per heavy atom. The summed E-state index contributed by atoms with van der Waals surface area (Å²) in [5, 5.41) is 3.96. The fourth-order valence-corrected chi connectivity index (χ4v) is 2.18. The summed E-state index contributed by atoms with van der Waals surface area (Å²) in [5.41, 5.74) is 5.87. The number of aryl methyl sites for hydroxylation is 1. The molecule has 24 heavy (non-hydrogen) atoms. The molecule has 0 aliphatic rings. The summed E-state index contributed by atoms with van der Waals surface area (Å²) in [6.07, 6.45) is 2.56. The monoisotopic (exact) mass is 324 g/mol. The van der Waals surface area contributed by atoms with E-state index in [1.807, 2.05) is 36.4 Å². The van der Waals surface area contributed by atoms with Gasteiger partial charge in [-0.1, -0.05) is 57.2 Å². The van der Waals surface area contributed by atoms with Gasteiger partial charge in [0, 0.05) is 0 Å². The number of hydrogen-bond donors (Lipinski definition) is 1. The topological polar surface area (TPSA) is 50.7 Å². The Labute approximate surface area is 143 Å². The van der Waals surface area contributed by atoms with Crippen LogP contribution < -0.4 is 10.2 Å². The smallest absolute Gasteiger partial charge is 0.277 e. The molecule has 0 heterocycles. The molecule has 0 saturated heterocycles. The standard InChI is InChI=1S/C20H24N2O2/c1-4-16-6-5-7-19(12-16)24-14-20(23)22-21-13-17-8-10-18(11-9-17)15(2)3/h5-13,15H,4,14H2,1-3H3,(H,22,23)/b21-13+. The summed E-state index contributed by atoms with van der Waals surface area (Å²) < 4.78 is 5.47. The molecule has 0 saturated carbocycles. The highest BCUT2D eigenvalue weighted by Crippen LogP contribution is 2.14. The number of rotatable bonds is 7. The normalized spacial score (nSPS) is 11.0. The van der Waals surface area contributed by atoms with Crippen LogP contribution in [0.3, 0.4) is 0 Å². The first-order chi connectivity index (χ1) is 11.6. The van der Waals surface area contributed by atoms with Gasteiger partial charge in [-0.25, -0.2) is 5.43 Å². The first-order valence-corrected chi connectivity index (χ1v) is 8.22. The lowest BCUT2D eigenvalue weighted by molar-refractivity contribution is -0.123. The third kappa shape index (κ3) is 5.54. The van der Waals surface area contributed by atoms with Gasteiger partial charge in [0.05, 0.1) is 6.21 Å². The van der Waals surface area contributed by atoms with Gasteiger partial charge in [-0.2, -0.15) is 5.10 Å². The number of carbonyl (C=O) groups excluding carboxylic acids is 1. The summed E-state index contributed by atoms with van der Waals surface area (Å²) in [4.78, 5) is 11.8. The molecule has 0 bridgehead atoms. The largest absolute Gasteiger partial charge is 0.484 e. The first-order valence-electron chi connectivity index (χ1n) is 8.22. The van der Waals surface area contributed by atoms with Crippen molar-refractivity contribution in [1.29, 1.82) is 0 Å². The van der Waals surface area contributed by atoms with Gasteiger partial charge in [0.15, 0.2) is 6.61 Å². The van der Waals surface area contributed by atoms with Crippen LogP contribution in [0.2, 0.25) is 0 Å². The van der Waals surface area contributed by atoms with Crippen molar-refractivity contribution in [3.8, 4) is 5.75 Å². The second-order valence-electron chi connectivity index (χ2n) is 5.90. The fraction of sp³-hybridized carbons (Fsp3) is 0.300. The minimum atomic E-state index is -0.285. The molecule has 0 fully saturated rings. The van der Waals surface area contributed by atoms with Crippen LogP contribution in [-0.4, -0.2) is 18.7 Å². The van der Waals surface area contributed by atoms with E-state index in [4.69, 9.17) is 4.74 Å². The molecule has 0 aliphatic heterocycles. The summed E-state index contributed by atoms with van der Waals surface area (Å²) in [6, 6.07) is 15.8. The number of nitrogens with zero attached hydrogens (tertiary/aromatic N) is 1. The number of amides is 1. The maximum atomic E-state index is 11.8. The van der Waals surface area contributed by atoms with Crippen molar-refractivity contribution in [2.45, 2.75) is 33.1 Å². The molecule has 2 aromatic rings. The molecule has 0 aromatic heterocycles. The van der Waals surface area contributed by atoms with Crippen LogP contribution in [-0.2, 0) is 11.2 Å². The van der Waals surface area contributed by atoms with Gasteiger partial charge in [-0.15, -0.1) is 0 Å². The number of nitrogens with one attached hydrogen (secondary N) is 1. The summed E-state index contributed by atoms with van der Waals surface area (Å²) in [7, 11) is 0. The second kappa shape index (κ2) is 8.87. The molecule has 0 radical (unpaired) electrons. The molecule has 1 N–H and O–H groups in total. The quantitative estimate of drug-likeness (QED) is 0.620. The molecular formula is C20H24N2O2. The summed E-state index contributed by atoms with van der Waals surface area (Å²) in [5.74, 6) is 0.906. The molecule has 4 nitrogen and oxygen atoms in total. The van der Waals surface area contributed by atoms with E-state index in [9.17, 15) is 4.79 Å². The van der Waals surface area contributed by atoms with Crippen molar-refractivity contribution in [1.82, 2.24) is 5.43 Å². The maximum Gasteiger partial charge on any atom is 0.277 e. The Morgan fingerprint density at radius 1 is 1.21 bits per heavy atom. The van der Waals surface area contributed by atoms with E-state index in [1.54, 1.807) is 6.21 Å². The predicted octanol–water partition coefficient (Wildman–Crippen LogP) is 3.90. The van der Waals surface area contributed by atoms with Gasteiger partial charge in [-0.3, -0.25) is 4.79 Å². The van der Waals surface area contributed by atoms with Gasteiger partial charge < -0.3 is 4.74 Å². The number of benzene rings is 2. The molecule has 2 aromatic carbocycles. The molecule has 0 unspecified atom stereocenters. The highest BCUT2D eigenvalue weighted by Gasteiger charge is 2.02. The van der Waals surface area contributed by atoms with Crippen molar-refractivity contribution in [3.63, 3.8) is 0 Å². The highest BCUT2D eigenvalue weighted by atomic mass is 16.5. The molecular weight excluding hydrogens is 300 g/mol.